The van der Waals surface area contributed by atoms with Gasteiger partial charge in [-0.25, -0.2) is 14.8 Å². The molecule has 0 aliphatic carbocycles. The molecular weight excluding hydrogens is 1880 g/mol. The van der Waals surface area contributed by atoms with Gasteiger partial charge >= 0.3 is 41.0 Å². The Labute approximate surface area is 854 Å². The zero-order valence-electron chi connectivity index (χ0n) is 83.7. The van der Waals surface area contributed by atoms with Gasteiger partial charge < -0.3 is 117 Å². The van der Waals surface area contributed by atoms with Crippen molar-refractivity contribution in [2.24, 2.45) is 41.2 Å². The number of hydrogen-bond donors (Lipinski definition) is 6. The molecule has 0 spiro atoms. The van der Waals surface area contributed by atoms with Crippen molar-refractivity contribution in [1.29, 1.82) is 0 Å². The molecule has 42 heteroatoms. The third-order valence-electron chi connectivity index (χ3n) is 22.5. The highest BCUT2D eigenvalue weighted by molar-refractivity contribution is 6.30. The first-order chi connectivity index (χ1) is 68.9. The lowest BCUT2D eigenvalue weighted by Gasteiger charge is -2.34. The number of aliphatic carboxylic acids is 1. The van der Waals surface area contributed by atoms with Crippen molar-refractivity contribution in [3.8, 4) is 59.2 Å². The molecular formula is C103H139ClN22O19. The highest BCUT2D eigenvalue weighted by Crippen LogP contribution is 2.33. The van der Waals surface area contributed by atoms with E-state index in [2.05, 4.69) is 141 Å². The largest absolute Gasteiger partial charge is 0.472 e. The van der Waals surface area contributed by atoms with Crippen LogP contribution in [-0.4, -0.2) is 216 Å². The van der Waals surface area contributed by atoms with Crippen LogP contribution in [0.4, 0.5) is 74.8 Å². The number of nitro groups is 5. The predicted octanol–water partition coefficient (Wildman–Crippen LogP) is 15.2. The summed E-state index contributed by atoms with van der Waals surface area (Å²) in [5, 5.41) is 71.8. The fraction of sp³-hybridized carbons (Fsp3) is 0.505. The number of ether oxygens (including phenoxy) is 1. The van der Waals surface area contributed by atoms with Crippen LogP contribution < -0.4 is 51.9 Å². The zero-order chi connectivity index (χ0) is 106. The quantitative estimate of drug-likeness (QED) is 0.0136. The molecule has 14 heterocycles. The summed E-state index contributed by atoms with van der Waals surface area (Å²) in [6.07, 6.45) is 28.1. The number of Topliss-reactive ketones (excluding diaryl/α,β-unsaturated/α-hetero) is 4. The molecule has 41 nitrogen and oxygen atoms in total. The van der Waals surface area contributed by atoms with Crippen LogP contribution in [-0.2, 0) is 33.5 Å². The van der Waals surface area contributed by atoms with Crippen LogP contribution in [0.15, 0.2) is 128 Å². The molecule has 7 aliphatic heterocycles. The Bertz CT molecular complexity index is 5340. The van der Waals surface area contributed by atoms with Gasteiger partial charge in [-0.15, -0.1) is 0 Å². The number of aromatic nitrogens is 7. The zero-order valence-corrected chi connectivity index (χ0v) is 84.5. The predicted molar refractivity (Wildman–Crippen MR) is 563 cm³/mol. The maximum absolute atomic E-state index is 11.6. The smallest absolute Gasteiger partial charge is 0.381 e. The molecule has 7 fully saturated rings. The maximum atomic E-state index is 11.6. The molecule has 14 rings (SSSR count). The van der Waals surface area contributed by atoms with Gasteiger partial charge in [-0.1, -0.05) is 62.5 Å². The summed E-state index contributed by atoms with van der Waals surface area (Å²) in [5.41, 5.74) is 22.8. The number of nitrogens with one attached hydrogen (secondary N) is 1. The number of carboxylic acids is 1. The van der Waals surface area contributed by atoms with Gasteiger partial charge in [0, 0.05) is 219 Å². The van der Waals surface area contributed by atoms with Crippen LogP contribution in [0.5, 0.6) is 0 Å². The summed E-state index contributed by atoms with van der Waals surface area (Å²) < 4.78 is 4.40. The van der Waals surface area contributed by atoms with Gasteiger partial charge in [0.05, 0.1) is 42.0 Å². The number of halogens is 1. The van der Waals surface area contributed by atoms with E-state index in [1.165, 1.54) is 108 Å². The van der Waals surface area contributed by atoms with Crippen molar-refractivity contribution in [3.05, 3.63) is 184 Å². The van der Waals surface area contributed by atoms with Crippen LogP contribution in [0.3, 0.4) is 0 Å². The molecule has 782 valence electrons. The molecule has 0 radical (unpaired) electrons. The Balaban J connectivity index is 0.000000421. The van der Waals surface area contributed by atoms with Gasteiger partial charge in [0.1, 0.15) is 42.6 Å². The minimum Gasteiger partial charge on any atom is -0.472 e. The lowest BCUT2D eigenvalue weighted by atomic mass is 9.92. The van der Waals surface area contributed by atoms with Crippen molar-refractivity contribution < 1.29 is 68.3 Å². The highest BCUT2D eigenvalue weighted by atomic mass is 35.5. The summed E-state index contributed by atoms with van der Waals surface area (Å²) in [5.74, 6) is 27.0. The summed E-state index contributed by atoms with van der Waals surface area (Å²) in [7, 11) is 0. The number of piperidine rings is 7. The van der Waals surface area contributed by atoms with Crippen LogP contribution in [0.2, 0.25) is 5.02 Å². The van der Waals surface area contributed by atoms with Crippen molar-refractivity contribution >= 4 is 122 Å². The average molecular weight is 2020 g/mol. The molecule has 0 unspecified atom stereocenters. The summed E-state index contributed by atoms with van der Waals surface area (Å²) in [4.78, 5) is 155. The van der Waals surface area contributed by atoms with E-state index in [-0.39, 0.29) is 90.1 Å². The lowest BCUT2D eigenvalue weighted by Crippen LogP contribution is -2.42. The molecule has 0 aromatic carbocycles. The normalized spacial score (nSPS) is 17.5. The number of esters is 1. The number of hydrogen-bond acceptors (Lipinski definition) is 35. The first-order valence-electron chi connectivity index (χ1n) is 47.7. The van der Waals surface area contributed by atoms with Gasteiger partial charge in [-0.2, -0.15) is 0 Å². The van der Waals surface area contributed by atoms with Gasteiger partial charge in [0.2, 0.25) is 23.1 Å². The van der Waals surface area contributed by atoms with Crippen molar-refractivity contribution in [1.82, 2.24) is 40.2 Å². The molecule has 7 aromatic rings. The van der Waals surface area contributed by atoms with E-state index in [0.29, 0.717) is 66.7 Å². The monoisotopic (exact) mass is 2020 g/mol. The summed E-state index contributed by atoms with van der Waals surface area (Å²) in [6.45, 7) is 31.3. The SMILES string of the molecule is C.CC#CC(=O)C[C@@H]1CCCN(c2ccnc(N)c2)C1.CC#CC(=O)C[C@@H]1CCCN(c2ccnc(N)c2)C1.CC#CC(=O)C[C@@H]1CCCN(c2ccnc([N+](=O)[O-])c2)C1.CC#CC(=O)C[C@@H]1CCCN(c2ccnc([N+](=O)[O-])c2)C1.CC#CC(=O)O.CCO.CCOC(C)=O.C[C@@H]1CCCN(c2ccnc([N+](=O)[O-])c2)C1.C[C@@H]1CCCNC1.N[C@@H]1CCCN(c2ccnc([N+](=O)[O-])c2)C1.O=[N+]([O-])c1cc(Cl)ccn1. The van der Waals surface area contributed by atoms with E-state index in [1.807, 2.05) is 36.3 Å². The van der Waals surface area contributed by atoms with Crippen LogP contribution in [0.25, 0.3) is 0 Å². The summed E-state index contributed by atoms with van der Waals surface area (Å²) in [6, 6.07) is 23.7. The van der Waals surface area contributed by atoms with Crippen LogP contribution >= 0.6 is 11.6 Å². The second kappa shape index (κ2) is 70.7. The molecule has 0 amide bonds. The number of pyridine rings is 7. The maximum Gasteiger partial charge on any atom is 0.381 e. The second-order valence-electron chi connectivity index (χ2n) is 34.2. The topological polar surface area (TPSA) is 568 Å². The van der Waals surface area contributed by atoms with E-state index in [0.717, 1.165) is 189 Å². The minimum atomic E-state index is -1.07. The molecule has 0 bridgehead atoms. The fourth-order valence-electron chi connectivity index (χ4n) is 16.3. The molecule has 7 saturated heterocycles. The van der Waals surface area contributed by atoms with Crippen LogP contribution in [0, 0.1) is 145 Å². The van der Waals surface area contributed by atoms with Gasteiger partial charge in [-0.3, -0.25) is 24.0 Å². The number of carbonyl (C=O) groups excluding carboxylic acids is 5. The van der Waals surface area contributed by atoms with E-state index in [1.54, 1.807) is 78.2 Å². The minimum absolute atomic E-state index is 0. The number of aliphatic hydroxyl groups excluding tert-OH is 1. The Morgan fingerprint density at radius 1 is 0.414 bits per heavy atom. The van der Waals surface area contributed by atoms with Gasteiger partial charge in [-0.05, 0) is 272 Å². The van der Waals surface area contributed by atoms with Gasteiger partial charge in [0.15, 0.2) is 0 Å². The Morgan fingerprint density at radius 2 is 0.683 bits per heavy atom. The lowest BCUT2D eigenvalue weighted by molar-refractivity contribution is -0.389. The van der Waals surface area contributed by atoms with Crippen molar-refractivity contribution in [3.63, 3.8) is 0 Å². The second-order valence-corrected chi connectivity index (χ2v) is 34.7. The Hall–Kier alpha value is -15.0. The van der Waals surface area contributed by atoms with E-state index >= 15 is 0 Å². The number of nitrogen functional groups attached to an aromatic ring is 2. The van der Waals surface area contributed by atoms with Crippen LogP contribution in [0.1, 0.15) is 192 Å². The first-order valence-corrected chi connectivity index (χ1v) is 48.1. The summed E-state index contributed by atoms with van der Waals surface area (Å²) >= 11 is 5.44. The number of nitrogens with zero attached hydrogens (tertiary/aromatic N) is 18. The van der Waals surface area contributed by atoms with Crippen molar-refractivity contribution in [2.45, 2.75) is 198 Å². The molecule has 0 saturated carbocycles. The average Bonchev–Trinajstić information content (AvgIpc) is 0.849. The highest BCUT2D eigenvalue weighted by Gasteiger charge is 2.29. The van der Waals surface area contributed by atoms with E-state index in [4.69, 9.17) is 39.0 Å². The number of rotatable bonds is 20. The molecule has 9 N–H and O–H groups in total. The molecule has 7 aromatic heterocycles. The first kappa shape index (κ1) is 124. The standard InChI is InChI=1S/2C15H17N3O3.2C15H19N3O.C11H15N3O2.C10H14N4O2.C6H13N.C5H3ClN2O2.C4H8O2.C4H4O2.C2H6O.CH4/c2*1-2-4-14(19)9-12-5-3-8-17(11-12)13-6-7-16-15(10-13)18(20)21;2*1-2-4-14(19)9-12-5-3-8-18(11-12)13-6-7-17-15(16)10-13;1-9-3-2-6-13(8-9)10-4-5-12-11(7-10)14(15)16;11-8-2-1-5-13(7-8)9-3-4-12-10(6-9)14(15)16;1-6-3-2-4-7-5-6;6-4-1-2-7-5(3-4)8(9)10;1-3-6-4(2)5;1-2-3-4(5)6;1-2-3;/h2*6-7,10,12H,3,5,8-9,11H2,1H3;2*6-7,10,12H,3,5,8-9,11H2,1H3,(H2,16,17);4-5,7,9H,2-3,6,8H2,1H3;3-4,6,8H,1-2,5,7,11H2;6-7H,2-5H2,1H3;1-3H;3H2,1-2H3;1H3,(H,5,6);3H,2H2,1H3;1H4/t4*12-;9-;8-;6-;;;;;/m0000111...../s1. The molecule has 7 aliphatic rings. The Morgan fingerprint density at radius 3 is 0.903 bits per heavy atom. The molecule has 145 heavy (non-hydrogen) atoms. The number of nitrogens with two attached hydrogens (primary N) is 3. The number of aliphatic hydroxyl groups is 1. The third kappa shape index (κ3) is 51.5. The fourth-order valence-corrected chi connectivity index (χ4v) is 16.4. The number of ketones is 4. The van der Waals surface area contributed by atoms with Gasteiger partial charge in [0.25, 0.3) is 0 Å². The van der Waals surface area contributed by atoms with E-state index < -0.39 is 30.6 Å². The Kier molecular flexibility index (Phi) is 60.5. The number of carbonyl (C=O) groups is 6. The number of anilines is 8. The van der Waals surface area contributed by atoms with Crippen molar-refractivity contribution in [2.75, 3.05) is 146 Å². The van der Waals surface area contributed by atoms with E-state index in [9.17, 15) is 79.3 Å². The number of carboxylic acid groups (broad SMARTS) is 1. The molecule has 7 atom stereocenters. The third-order valence-corrected chi connectivity index (χ3v) is 22.8.